The highest BCUT2D eigenvalue weighted by Crippen LogP contribution is 2.30. The van der Waals surface area contributed by atoms with Crippen LogP contribution in [0.3, 0.4) is 0 Å². The van der Waals surface area contributed by atoms with Gasteiger partial charge >= 0.3 is 0 Å². The second-order valence-corrected chi connectivity index (χ2v) is 14.2. The molecule has 5 N–H and O–H groups in total. The molecule has 0 atom stereocenters. The molecule has 0 saturated heterocycles. The minimum Gasteiger partial charge on any atom is -0.508 e. The Morgan fingerprint density at radius 3 is 1.64 bits per heavy atom. The summed E-state index contributed by atoms with van der Waals surface area (Å²) < 4.78 is 5.84. The smallest absolute Gasteiger partial charge is 0.180 e. The van der Waals surface area contributed by atoms with E-state index >= 15 is 0 Å². The fourth-order valence-corrected chi connectivity index (χ4v) is 6.60. The van der Waals surface area contributed by atoms with Crippen molar-refractivity contribution in [2.45, 2.75) is 25.8 Å². The zero-order valence-corrected chi connectivity index (χ0v) is 33.1. The number of fused-ring (bicyclic) bond motifs is 3. The van der Waals surface area contributed by atoms with Crippen LogP contribution in [0.25, 0.3) is 50.7 Å². The number of pyridine rings is 1. The molecule has 10 aromatic rings. The van der Waals surface area contributed by atoms with Gasteiger partial charge in [-0.25, -0.2) is 29.9 Å². The number of para-hydroxylation sites is 1. The van der Waals surface area contributed by atoms with Gasteiger partial charge in [-0.15, -0.1) is 0 Å². The lowest BCUT2D eigenvalue weighted by atomic mass is 10.1. The van der Waals surface area contributed by atoms with Crippen molar-refractivity contribution < 1.29 is 10.2 Å². The summed E-state index contributed by atoms with van der Waals surface area (Å²) in [5.41, 5.74) is 8.57. The molecule has 0 unspecified atom stereocenters. The fraction of sp³-hybridized carbons (Fsp3) is 0.109. The summed E-state index contributed by atoms with van der Waals surface area (Å²) in [7, 11) is 0. The number of phenolic OH excluding ortho intramolecular Hbond substituents is 2. The van der Waals surface area contributed by atoms with E-state index in [2.05, 4.69) is 45.9 Å². The molecule has 3 aromatic carbocycles. The maximum Gasteiger partial charge on any atom is 0.180 e. The molecule has 0 aliphatic heterocycles. The summed E-state index contributed by atoms with van der Waals surface area (Å²) in [6.45, 7) is 2.79. The van der Waals surface area contributed by atoms with Gasteiger partial charge in [-0.1, -0.05) is 42.5 Å². The van der Waals surface area contributed by atoms with Crippen LogP contribution in [-0.2, 0) is 0 Å². The van der Waals surface area contributed by atoms with Crippen LogP contribution in [0.15, 0.2) is 159 Å². The monoisotopic (exact) mass is 807 g/mol. The van der Waals surface area contributed by atoms with Crippen LogP contribution in [0.1, 0.15) is 19.8 Å². The molecule has 11 rings (SSSR count). The second kappa shape index (κ2) is 17.3. The summed E-state index contributed by atoms with van der Waals surface area (Å²) in [5, 5.41) is 29.1. The van der Waals surface area contributed by atoms with Gasteiger partial charge < -0.3 is 39.4 Å². The molecular formula is C46H41N13O2. The van der Waals surface area contributed by atoms with Gasteiger partial charge in [0.2, 0.25) is 0 Å². The predicted molar refractivity (Wildman–Crippen MR) is 237 cm³/mol. The number of phenols is 2. The van der Waals surface area contributed by atoms with E-state index in [1.54, 1.807) is 61.3 Å². The average Bonchev–Trinajstić information content (AvgIpc) is 3.62. The number of anilines is 4. The van der Waals surface area contributed by atoms with Gasteiger partial charge in [0.15, 0.2) is 34.4 Å². The average molecular weight is 808 g/mol. The van der Waals surface area contributed by atoms with E-state index in [0.717, 1.165) is 80.4 Å². The van der Waals surface area contributed by atoms with E-state index < -0.39 is 0 Å². The first-order valence-electron chi connectivity index (χ1n) is 19.8. The summed E-state index contributed by atoms with van der Waals surface area (Å²) in [6.07, 6.45) is 22.7. The lowest BCUT2D eigenvalue weighted by Crippen LogP contribution is -2.06. The molecule has 302 valence electrons. The number of nitrogens with zero attached hydrogens (tertiary/aromatic N) is 10. The topological polar surface area (TPSA) is 180 Å². The van der Waals surface area contributed by atoms with Crippen LogP contribution in [0.5, 0.6) is 11.5 Å². The Kier molecular flexibility index (Phi) is 10.8. The Hall–Kier alpha value is -8.33. The van der Waals surface area contributed by atoms with E-state index in [1.165, 1.54) is 12.8 Å². The number of aromatic hydroxyl groups is 2. The van der Waals surface area contributed by atoms with E-state index in [-0.39, 0.29) is 11.5 Å². The van der Waals surface area contributed by atoms with Crippen LogP contribution in [0.4, 0.5) is 23.1 Å². The van der Waals surface area contributed by atoms with Gasteiger partial charge in [0.1, 0.15) is 11.5 Å². The quantitative estimate of drug-likeness (QED) is 0.0938. The number of imidazole rings is 3. The Labute approximate surface area is 350 Å². The van der Waals surface area contributed by atoms with Crippen molar-refractivity contribution in [1.82, 2.24) is 48.1 Å². The molecule has 7 aromatic heterocycles. The molecule has 1 fully saturated rings. The first-order chi connectivity index (χ1) is 30.0. The van der Waals surface area contributed by atoms with Crippen LogP contribution >= 0.6 is 0 Å². The third-order valence-electron chi connectivity index (χ3n) is 9.66. The van der Waals surface area contributed by atoms with Crippen molar-refractivity contribution >= 4 is 40.1 Å². The number of hydrogen-bond donors (Lipinski definition) is 5. The number of hydrogen-bond acceptors (Lipinski definition) is 12. The molecule has 1 aliphatic carbocycles. The highest BCUT2D eigenvalue weighted by molar-refractivity contribution is 5.74. The fourth-order valence-electron chi connectivity index (χ4n) is 6.60. The van der Waals surface area contributed by atoms with E-state index in [9.17, 15) is 10.2 Å². The van der Waals surface area contributed by atoms with E-state index in [0.29, 0.717) is 6.04 Å². The third kappa shape index (κ3) is 8.90. The summed E-state index contributed by atoms with van der Waals surface area (Å²) >= 11 is 0. The third-order valence-corrected chi connectivity index (χ3v) is 9.66. The molecule has 0 radical (unpaired) electrons. The lowest BCUT2D eigenvalue weighted by Gasteiger charge is -2.09. The standard InChI is InChI=1S/C17H13N5.C15H14N4O.C14H14N4O/c1-2-6-14(7-3-1)20-16-17-19-9-10-22(17)12-15(21-16)13-5-4-8-18-11-13;20-12-3-1-2-10(8-12)13-9-19-7-6-16-15(19)14(18-13)17-11-4-5-11;1-2-15-13-14-16-6-7-18(14)9-12(17-13)10-4-3-5-11(19)8-10/h1-12H,(H,20,21);1-3,6-9,11,20H,4-5H2,(H,17,18);3-9,19H,2H2,1H3,(H,15,17). The number of aromatic nitrogens is 10. The molecule has 0 bridgehead atoms. The summed E-state index contributed by atoms with van der Waals surface area (Å²) in [6, 6.07) is 28.5. The molecule has 1 aliphatic rings. The Bertz CT molecular complexity index is 3050. The molecule has 0 spiro atoms. The number of benzene rings is 3. The number of nitrogens with one attached hydrogen (secondary N) is 3. The maximum absolute atomic E-state index is 9.61. The first kappa shape index (κ1) is 38.2. The molecular weight excluding hydrogens is 767 g/mol. The second-order valence-electron chi connectivity index (χ2n) is 14.2. The van der Waals surface area contributed by atoms with Gasteiger partial charge in [-0.05, 0) is 68.3 Å². The summed E-state index contributed by atoms with van der Waals surface area (Å²) in [5.74, 6) is 2.74. The van der Waals surface area contributed by atoms with E-state index in [1.807, 2.05) is 118 Å². The highest BCUT2D eigenvalue weighted by atomic mass is 16.3. The minimum absolute atomic E-state index is 0.232. The van der Waals surface area contributed by atoms with Crippen molar-refractivity contribution in [1.29, 1.82) is 0 Å². The maximum atomic E-state index is 9.61. The normalized spacial score (nSPS) is 12.0. The predicted octanol–water partition coefficient (Wildman–Crippen LogP) is 8.74. The zero-order chi connectivity index (χ0) is 41.5. The van der Waals surface area contributed by atoms with Gasteiger partial charge in [-0.2, -0.15) is 0 Å². The van der Waals surface area contributed by atoms with Crippen molar-refractivity contribution in [3.63, 3.8) is 0 Å². The van der Waals surface area contributed by atoms with Gasteiger partial charge in [-0.3, -0.25) is 4.98 Å². The lowest BCUT2D eigenvalue weighted by molar-refractivity contribution is 0.475. The van der Waals surface area contributed by atoms with Crippen molar-refractivity contribution in [3.8, 4) is 45.3 Å². The molecule has 15 nitrogen and oxygen atoms in total. The Morgan fingerprint density at radius 1 is 0.574 bits per heavy atom. The van der Waals surface area contributed by atoms with Crippen LogP contribution in [-0.4, -0.2) is 70.9 Å². The van der Waals surface area contributed by atoms with Gasteiger partial charge in [0.25, 0.3) is 0 Å². The molecule has 7 heterocycles. The largest absolute Gasteiger partial charge is 0.508 e. The van der Waals surface area contributed by atoms with Crippen molar-refractivity contribution in [2.24, 2.45) is 0 Å². The SMILES string of the molecule is CCNc1nc(-c2cccc(O)c2)cn2ccnc12.Oc1cccc(-c2cn3ccnc3c(NC3CC3)n2)c1.c1ccc(Nc2nc(-c3cccnc3)cn3ccnc23)cc1. The van der Waals surface area contributed by atoms with Crippen LogP contribution in [0.2, 0.25) is 0 Å². The van der Waals surface area contributed by atoms with Gasteiger partial charge in [0, 0.05) is 103 Å². The Balaban J connectivity index is 0.000000117. The zero-order valence-electron chi connectivity index (χ0n) is 33.1. The Morgan fingerprint density at radius 2 is 1.10 bits per heavy atom. The van der Waals surface area contributed by atoms with Crippen LogP contribution < -0.4 is 16.0 Å². The molecule has 61 heavy (non-hydrogen) atoms. The minimum atomic E-state index is 0.232. The highest BCUT2D eigenvalue weighted by Gasteiger charge is 2.23. The first-order valence-corrected chi connectivity index (χ1v) is 19.8. The molecule has 15 heteroatoms. The van der Waals surface area contributed by atoms with Crippen LogP contribution in [0, 0.1) is 0 Å². The number of rotatable bonds is 9. The molecule has 1 saturated carbocycles. The van der Waals surface area contributed by atoms with Crippen molar-refractivity contribution in [2.75, 3.05) is 22.5 Å². The molecule has 0 amide bonds. The van der Waals surface area contributed by atoms with E-state index in [4.69, 9.17) is 4.98 Å². The van der Waals surface area contributed by atoms with Crippen molar-refractivity contribution in [3.05, 3.63) is 159 Å². The summed E-state index contributed by atoms with van der Waals surface area (Å²) in [4.78, 5) is 31.1. The van der Waals surface area contributed by atoms with Gasteiger partial charge in [0.05, 0.1) is 17.1 Å².